The minimum absolute atomic E-state index is 0.110. The van der Waals surface area contributed by atoms with Gasteiger partial charge in [0.15, 0.2) is 0 Å². The van der Waals surface area contributed by atoms with Crippen molar-refractivity contribution in [2.75, 3.05) is 0 Å². The molecule has 0 saturated heterocycles. The number of benzene rings is 1. The summed E-state index contributed by atoms with van der Waals surface area (Å²) in [6.07, 6.45) is 0. The lowest BCUT2D eigenvalue weighted by Crippen LogP contribution is -2.00. The first-order valence-electron chi connectivity index (χ1n) is 5.50. The molecule has 1 aromatic heterocycles. The molecule has 0 unspecified atom stereocenters. The van der Waals surface area contributed by atoms with Crippen LogP contribution in [0.15, 0.2) is 35.2 Å². The Morgan fingerprint density at radius 1 is 1.28 bits per heavy atom. The highest BCUT2D eigenvalue weighted by Crippen LogP contribution is 2.24. The van der Waals surface area contributed by atoms with Gasteiger partial charge in [-0.05, 0) is 25.1 Å². The molecule has 2 aromatic rings. The fraction of sp³-hybridized carbons (Fsp3) is 0.231. The Labute approximate surface area is 109 Å². The average molecular weight is 264 g/mol. The summed E-state index contributed by atoms with van der Waals surface area (Å²) in [7, 11) is 0. The topological polar surface area (TPSA) is 46.0 Å². The van der Waals surface area contributed by atoms with Crippen molar-refractivity contribution in [2.24, 2.45) is 0 Å². The number of aryl methyl sites for hydroxylation is 1. The lowest BCUT2D eigenvalue weighted by Gasteiger charge is -2.05. The predicted molar refractivity (Wildman–Crippen MR) is 68.7 cm³/mol. The highest BCUT2D eigenvalue weighted by Gasteiger charge is 2.05. The summed E-state index contributed by atoms with van der Waals surface area (Å²) in [5.74, 6) is 0.847. The van der Waals surface area contributed by atoms with Crippen LogP contribution in [0.3, 0.4) is 0 Å². The van der Waals surface area contributed by atoms with Crippen LogP contribution in [0, 0.1) is 12.7 Å². The van der Waals surface area contributed by atoms with Crippen LogP contribution in [0.2, 0.25) is 0 Å². The molecular formula is C13H13FN2OS. The van der Waals surface area contributed by atoms with Crippen LogP contribution in [-0.2, 0) is 12.4 Å². The summed E-state index contributed by atoms with van der Waals surface area (Å²) in [6, 6.07) is 8.34. The third-order valence-electron chi connectivity index (χ3n) is 2.31. The molecule has 0 fully saturated rings. The van der Waals surface area contributed by atoms with Gasteiger partial charge >= 0.3 is 0 Å². The Morgan fingerprint density at radius 3 is 2.78 bits per heavy atom. The third-order valence-corrected chi connectivity index (χ3v) is 3.35. The van der Waals surface area contributed by atoms with Crippen LogP contribution in [-0.4, -0.2) is 15.1 Å². The molecule has 0 bridgehead atoms. The Morgan fingerprint density at radius 2 is 2.06 bits per heavy atom. The predicted octanol–water partition coefficient (Wildman–Crippen LogP) is 2.71. The van der Waals surface area contributed by atoms with Gasteiger partial charge in [-0.15, -0.1) is 11.8 Å². The third kappa shape index (κ3) is 3.27. The van der Waals surface area contributed by atoms with E-state index in [-0.39, 0.29) is 12.4 Å². The Bertz CT molecular complexity index is 548. The zero-order chi connectivity index (χ0) is 13.0. The van der Waals surface area contributed by atoms with Crippen molar-refractivity contribution in [3.63, 3.8) is 0 Å². The summed E-state index contributed by atoms with van der Waals surface area (Å²) in [5, 5.41) is 9.06. The van der Waals surface area contributed by atoms with E-state index in [1.165, 1.54) is 17.8 Å². The van der Waals surface area contributed by atoms with E-state index in [4.69, 9.17) is 5.11 Å². The number of nitrogens with zero attached hydrogens (tertiary/aromatic N) is 2. The van der Waals surface area contributed by atoms with Crippen LogP contribution in [0.5, 0.6) is 0 Å². The number of hydrogen-bond donors (Lipinski definition) is 1. The molecule has 0 aliphatic heterocycles. The molecule has 0 aliphatic carbocycles. The molecule has 3 nitrogen and oxygen atoms in total. The molecule has 0 aliphatic rings. The van der Waals surface area contributed by atoms with Crippen LogP contribution >= 0.6 is 11.8 Å². The van der Waals surface area contributed by atoms with Crippen LogP contribution in [0.25, 0.3) is 0 Å². The quantitative estimate of drug-likeness (QED) is 0.862. The second-order valence-corrected chi connectivity index (χ2v) is 4.81. The number of thioether (sulfide) groups is 1. The zero-order valence-corrected chi connectivity index (χ0v) is 10.7. The van der Waals surface area contributed by atoms with Crippen molar-refractivity contribution in [3.05, 3.63) is 53.4 Å². The monoisotopic (exact) mass is 264 g/mol. The average Bonchev–Trinajstić information content (AvgIpc) is 2.37. The number of rotatable bonds is 4. The first-order valence-corrected chi connectivity index (χ1v) is 6.49. The number of hydrogen-bond acceptors (Lipinski definition) is 4. The van der Waals surface area contributed by atoms with E-state index in [9.17, 15) is 4.39 Å². The van der Waals surface area contributed by atoms with Gasteiger partial charge in [0.1, 0.15) is 11.6 Å². The van der Waals surface area contributed by atoms with Gasteiger partial charge < -0.3 is 5.11 Å². The summed E-state index contributed by atoms with van der Waals surface area (Å²) < 4.78 is 13.4. The molecule has 18 heavy (non-hydrogen) atoms. The second kappa shape index (κ2) is 5.93. The number of aromatic nitrogens is 2. The molecule has 0 spiro atoms. The molecule has 1 heterocycles. The largest absolute Gasteiger partial charge is 0.390 e. The Balaban J connectivity index is 2.11. The van der Waals surface area contributed by atoms with E-state index >= 15 is 0 Å². The Hall–Kier alpha value is -1.46. The van der Waals surface area contributed by atoms with E-state index in [0.29, 0.717) is 22.2 Å². The summed E-state index contributed by atoms with van der Waals surface area (Å²) in [5.41, 5.74) is 1.39. The van der Waals surface area contributed by atoms with E-state index in [1.54, 1.807) is 24.3 Å². The smallest absolute Gasteiger partial charge is 0.139 e. The number of aliphatic hydroxyl groups excluding tert-OH is 1. The van der Waals surface area contributed by atoms with Crippen molar-refractivity contribution in [2.45, 2.75) is 24.2 Å². The van der Waals surface area contributed by atoms with Crippen LogP contribution in [0.4, 0.5) is 4.39 Å². The zero-order valence-electron chi connectivity index (χ0n) is 9.93. The molecular weight excluding hydrogens is 251 g/mol. The standard InChI is InChI=1S/C13H13FN2OS/c1-9-6-10(7-17)16-13(15-9)8-18-12-5-3-2-4-11(12)14/h2-6,17H,7-8H2,1H3. The van der Waals surface area contributed by atoms with Gasteiger partial charge in [0.05, 0.1) is 18.1 Å². The van der Waals surface area contributed by atoms with Crippen LogP contribution in [0.1, 0.15) is 17.2 Å². The molecule has 0 saturated carbocycles. The van der Waals surface area contributed by atoms with Crippen molar-refractivity contribution in [1.82, 2.24) is 9.97 Å². The maximum Gasteiger partial charge on any atom is 0.139 e. The fourth-order valence-corrected chi connectivity index (χ4v) is 2.34. The first kappa shape index (κ1) is 13.0. The molecule has 0 radical (unpaired) electrons. The molecule has 0 amide bonds. The van der Waals surface area contributed by atoms with Gasteiger partial charge in [0.2, 0.25) is 0 Å². The molecule has 1 N–H and O–H groups in total. The second-order valence-electron chi connectivity index (χ2n) is 3.79. The lowest BCUT2D eigenvalue weighted by atomic mass is 10.3. The SMILES string of the molecule is Cc1cc(CO)nc(CSc2ccccc2F)n1. The number of aliphatic hydroxyl groups is 1. The van der Waals surface area contributed by atoms with Gasteiger partial charge in [0, 0.05) is 10.6 Å². The van der Waals surface area contributed by atoms with E-state index in [2.05, 4.69) is 9.97 Å². The minimum atomic E-state index is -0.238. The van der Waals surface area contributed by atoms with E-state index < -0.39 is 0 Å². The minimum Gasteiger partial charge on any atom is -0.390 e. The van der Waals surface area contributed by atoms with E-state index in [1.807, 2.05) is 6.92 Å². The lowest BCUT2D eigenvalue weighted by molar-refractivity contribution is 0.276. The van der Waals surface area contributed by atoms with Crippen molar-refractivity contribution in [3.8, 4) is 0 Å². The van der Waals surface area contributed by atoms with Gasteiger partial charge in [-0.1, -0.05) is 12.1 Å². The van der Waals surface area contributed by atoms with Crippen molar-refractivity contribution < 1.29 is 9.50 Å². The van der Waals surface area contributed by atoms with Crippen molar-refractivity contribution in [1.29, 1.82) is 0 Å². The maximum absolute atomic E-state index is 13.4. The highest BCUT2D eigenvalue weighted by molar-refractivity contribution is 7.98. The molecule has 1 aromatic carbocycles. The van der Waals surface area contributed by atoms with Crippen LogP contribution < -0.4 is 0 Å². The molecule has 5 heteroatoms. The van der Waals surface area contributed by atoms with Gasteiger partial charge in [-0.3, -0.25) is 0 Å². The van der Waals surface area contributed by atoms with E-state index in [0.717, 1.165) is 5.69 Å². The summed E-state index contributed by atoms with van der Waals surface area (Å²) in [4.78, 5) is 9.03. The summed E-state index contributed by atoms with van der Waals surface area (Å²) >= 11 is 1.35. The number of halogens is 1. The summed E-state index contributed by atoms with van der Waals surface area (Å²) in [6.45, 7) is 1.73. The maximum atomic E-state index is 13.4. The van der Waals surface area contributed by atoms with Gasteiger partial charge in [-0.2, -0.15) is 0 Å². The van der Waals surface area contributed by atoms with Crippen molar-refractivity contribution >= 4 is 11.8 Å². The van der Waals surface area contributed by atoms with Gasteiger partial charge in [0.25, 0.3) is 0 Å². The fourth-order valence-electron chi connectivity index (χ4n) is 1.55. The molecule has 94 valence electrons. The molecule has 0 atom stereocenters. The van der Waals surface area contributed by atoms with Gasteiger partial charge in [-0.25, -0.2) is 14.4 Å². The molecule has 2 rings (SSSR count). The first-order chi connectivity index (χ1) is 8.69. The highest BCUT2D eigenvalue weighted by atomic mass is 32.2. The Kier molecular flexibility index (Phi) is 4.28. The normalized spacial score (nSPS) is 10.6.